The van der Waals surface area contributed by atoms with E-state index in [1.165, 1.54) is 42.5 Å². The van der Waals surface area contributed by atoms with Crippen molar-refractivity contribution in [3.8, 4) is 5.75 Å². The molecule has 5 aromatic rings. The van der Waals surface area contributed by atoms with E-state index in [1.807, 2.05) is 0 Å². The number of phenols is 1. The minimum absolute atomic E-state index is 0. The number of hydrogen-bond donors (Lipinski definition) is 5. The van der Waals surface area contributed by atoms with Crippen LogP contribution < -0.4 is 44.9 Å². The number of aromatic hydroxyl groups is 1. The van der Waals surface area contributed by atoms with Gasteiger partial charge in [0.2, 0.25) is 0 Å². The number of carbonyl (C=O) groups excluding carboxylic acids is 1. The van der Waals surface area contributed by atoms with Crippen molar-refractivity contribution in [2.75, 3.05) is 15.4 Å². The van der Waals surface area contributed by atoms with E-state index in [0.717, 1.165) is 12.1 Å². The Morgan fingerprint density at radius 3 is 1.65 bits per heavy atom. The molecular formula is C28H20N3NaO9S2. The molecule has 0 aromatic heterocycles. The average Bonchev–Trinajstić information content (AvgIpc) is 2.92. The third kappa shape index (κ3) is 7.25. The first-order chi connectivity index (χ1) is 19.8. The Balaban J connectivity index is 0.00000423. The molecule has 0 aliphatic rings. The average molecular weight is 630 g/mol. The third-order valence-electron chi connectivity index (χ3n) is 6.22. The molecule has 5 rings (SSSR count). The predicted octanol–water partition coefficient (Wildman–Crippen LogP) is 1.75. The van der Waals surface area contributed by atoms with Crippen LogP contribution in [0.3, 0.4) is 0 Å². The molecular weight excluding hydrogens is 609 g/mol. The van der Waals surface area contributed by atoms with Gasteiger partial charge in [0.05, 0.1) is 9.79 Å². The van der Waals surface area contributed by atoms with Crippen LogP contribution in [0.5, 0.6) is 5.75 Å². The molecule has 2 amide bonds. The Hall–Kier alpha value is -4.18. The number of benzene rings is 5. The fourth-order valence-corrected chi connectivity index (χ4v) is 5.80. The van der Waals surface area contributed by atoms with Gasteiger partial charge in [-0.1, -0.05) is 24.3 Å². The zero-order valence-corrected chi connectivity index (χ0v) is 25.9. The maximum Gasteiger partial charge on any atom is 1.00 e. The van der Waals surface area contributed by atoms with Crippen LogP contribution in [0.25, 0.3) is 21.5 Å². The van der Waals surface area contributed by atoms with Gasteiger partial charge < -0.3 is 25.4 Å². The second-order valence-electron chi connectivity index (χ2n) is 9.12. The number of sulfonamides is 1. The molecule has 0 spiro atoms. The summed E-state index contributed by atoms with van der Waals surface area (Å²) in [5, 5.41) is 26.4. The summed E-state index contributed by atoms with van der Waals surface area (Å²) in [6.45, 7) is 0. The van der Waals surface area contributed by atoms with E-state index in [-0.39, 0.29) is 40.1 Å². The van der Waals surface area contributed by atoms with Crippen LogP contribution in [0.15, 0.2) is 101 Å². The van der Waals surface area contributed by atoms with Crippen LogP contribution in [0.1, 0.15) is 10.4 Å². The number of carbonyl (C=O) groups is 2. The molecule has 0 fully saturated rings. The molecule has 5 N–H and O–H groups in total. The van der Waals surface area contributed by atoms with E-state index >= 15 is 0 Å². The van der Waals surface area contributed by atoms with E-state index in [1.54, 1.807) is 36.4 Å². The second-order valence-corrected chi connectivity index (χ2v) is 12.2. The Bertz CT molecular complexity index is 2140. The van der Waals surface area contributed by atoms with Crippen LogP contribution in [0.4, 0.5) is 21.9 Å². The first-order valence-corrected chi connectivity index (χ1v) is 14.9. The zero-order valence-electron chi connectivity index (χ0n) is 22.2. The number of aromatic carboxylic acids is 1. The van der Waals surface area contributed by atoms with Crippen molar-refractivity contribution in [3.05, 3.63) is 96.6 Å². The van der Waals surface area contributed by atoms with Crippen molar-refractivity contribution in [1.29, 1.82) is 0 Å². The molecule has 0 heterocycles. The SMILES string of the molecule is O=C(Nc1ccc2ccc(S(=O)(=O)[O-])cc2c1)Nc1ccc2ccc(S(=O)(=O)Nc3ccc(O)c(C(=O)O)c3)cc2c1.[Na+]. The molecule has 0 saturated carbocycles. The summed E-state index contributed by atoms with van der Waals surface area (Å²) >= 11 is 0. The largest absolute Gasteiger partial charge is 1.00 e. The summed E-state index contributed by atoms with van der Waals surface area (Å²) in [4.78, 5) is 23.4. The summed E-state index contributed by atoms with van der Waals surface area (Å²) in [5.41, 5.74) is 0.150. The quantitative estimate of drug-likeness (QED) is 0.101. The molecule has 43 heavy (non-hydrogen) atoms. The van der Waals surface area contributed by atoms with E-state index in [4.69, 9.17) is 0 Å². The van der Waals surface area contributed by atoms with Crippen LogP contribution in [-0.2, 0) is 20.1 Å². The molecule has 12 nitrogen and oxygen atoms in total. The van der Waals surface area contributed by atoms with Crippen molar-refractivity contribution >= 4 is 70.7 Å². The van der Waals surface area contributed by atoms with E-state index < -0.39 is 48.4 Å². The minimum atomic E-state index is -4.65. The Morgan fingerprint density at radius 1 is 0.628 bits per heavy atom. The van der Waals surface area contributed by atoms with Crippen molar-refractivity contribution in [3.63, 3.8) is 0 Å². The normalized spacial score (nSPS) is 11.5. The fourth-order valence-electron chi connectivity index (χ4n) is 4.21. The smallest absolute Gasteiger partial charge is 0.744 e. The molecule has 0 atom stereocenters. The topological polar surface area (TPSA) is 202 Å². The zero-order chi connectivity index (χ0) is 30.2. The number of carboxylic acids is 1. The summed E-state index contributed by atoms with van der Waals surface area (Å²) < 4.78 is 62.3. The number of rotatable bonds is 7. The minimum Gasteiger partial charge on any atom is -0.744 e. The number of nitrogens with one attached hydrogen (secondary N) is 3. The van der Waals surface area contributed by atoms with Crippen LogP contribution >= 0.6 is 0 Å². The van der Waals surface area contributed by atoms with Gasteiger partial charge in [-0.3, -0.25) is 4.72 Å². The van der Waals surface area contributed by atoms with Gasteiger partial charge >= 0.3 is 41.6 Å². The summed E-state index contributed by atoms with van der Waals surface area (Å²) in [7, 11) is -8.79. The molecule has 0 bridgehead atoms. The Morgan fingerprint density at radius 2 is 1.12 bits per heavy atom. The number of carboxylic acid groups (broad SMARTS) is 1. The molecule has 214 valence electrons. The van der Waals surface area contributed by atoms with Crippen LogP contribution in [-0.4, -0.2) is 43.6 Å². The maximum atomic E-state index is 13.0. The van der Waals surface area contributed by atoms with Gasteiger partial charge in [-0.2, -0.15) is 0 Å². The van der Waals surface area contributed by atoms with Gasteiger partial charge in [0.15, 0.2) is 0 Å². The molecule has 0 radical (unpaired) electrons. The van der Waals surface area contributed by atoms with E-state index in [9.17, 15) is 41.2 Å². The van der Waals surface area contributed by atoms with Gasteiger partial charge in [-0.05, 0) is 88.3 Å². The third-order valence-corrected chi connectivity index (χ3v) is 8.43. The standard InChI is InChI=1S/C28H21N3O9S2.Na/c32-26-10-7-22(15-25(26)27(33)34)31-41(36,37)23-8-3-16-1-5-20(11-18(16)13-23)29-28(35)30-21-6-2-17-4-9-24(42(38,39)40)14-19(17)12-21;/h1-15,31-32H,(H,33,34)(H2,29,30,35)(H,38,39,40);/q;+1/p-1. The van der Waals surface area contributed by atoms with Crippen molar-refractivity contribution in [1.82, 2.24) is 0 Å². The maximum absolute atomic E-state index is 13.0. The van der Waals surface area contributed by atoms with Crippen LogP contribution in [0, 0.1) is 0 Å². The van der Waals surface area contributed by atoms with Gasteiger partial charge in [0.25, 0.3) is 10.0 Å². The van der Waals surface area contributed by atoms with Gasteiger partial charge in [0, 0.05) is 17.1 Å². The second kappa shape index (κ2) is 12.2. The molecule has 0 unspecified atom stereocenters. The number of amides is 2. The predicted molar refractivity (Wildman–Crippen MR) is 154 cm³/mol. The Kier molecular flexibility index (Phi) is 9.01. The molecule has 0 saturated heterocycles. The summed E-state index contributed by atoms with van der Waals surface area (Å²) in [6, 6.07) is 20.5. The molecule has 0 aliphatic heterocycles. The summed E-state index contributed by atoms with van der Waals surface area (Å²) in [6.07, 6.45) is 0. The van der Waals surface area contributed by atoms with E-state index in [0.29, 0.717) is 32.9 Å². The monoisotopic (exact) mass is 629 g/mol. The molecule has 0 aliphatic carbocycles. The number of hydrogen-bond acceptors (Lipinski definition) is 8. The van der Waals surface area contributed by atoms with Gasteiger partial charge in [0.1, 0.15) is 21.4 Å². The molecule has 5 aromatic carbocycles. The van der Waals surface area contributed by atoms with Crippen LogP contribution in [0.2, 0.25) is 0 Å². The Labute approximate surface area is 267 Å². The van der Waals surface area contributed by atoms with Gasteiger partial charge in [-0.15, -0.1) is 0 Å². The van der Waals surface area contributed by atoms with E-state index in [2.05, 4.69) is 15.4 Å². The first kappa shape index (κ1) is 31.7. The number of anilines is 3. The van der Waals surface area contributed by atoms with Crippen molar-refractivity contribution < 1.29 is 70.7 Å². The summed E-state index contributed by atoms with van der Waals surface area (Å²) in [5.74, 6) is -1.93. The van der Waals surface area contributed by atoms with Gasteiger partial charge in [-0.25, -0.2) is 26.4 Å². The number of urea groups is 1. The number of fused-ring (bicyclic) bond motifs is 2. The first-order valence-electron chi connectivity index (χ1n) is 12.0. The van der Waals surface area contributed by atoms with Crippen molar-refractivity contribution in [2.24, 2.45) is 0 Å². The fraction of sp³-hybridized carbons (Fsp3) is 0. The molecule has 15 heteroatoms. The van der Waals surface area contributed by atoms with Crippen molar-refractivity contribution in [2.45, 2.75) is 9.79 Å².